The third-order valence-electron chi connectivity index (χ3n) is 3.48. The third-order valence-corrected chi connectivity index (χ3v) is 3.48. The van der Waals surface area contributed by atoms with E-state index in [9.17, 15) is 9.59 Å². The first-order chi connectivity index (χ1) is 9.99. The molecule has 0 saturated carbocycles. The Morgan fingerprint density at radius 1 is 1.19 bits per heavy atom. The zero-order chi connectivity index (χ0) is 15.4. The van der Waals surface area contributed by atoms with Crippen LogP contribution in [-0.4, -0.2) is 10.5 Å². The number of carbonyl (C=O) groups excluding carboxylic acids is 1. The van der Waals surface area contributed by atoms with Crippen LogP contribution in [0.5, 0.6) is 0 Å². The van der Waals surface area contributed by atoms with Crippen LogP contribution in [0.4, 0.5) is 0 Å². The summed E-state index contributed by atoms with van der Waals surface area (Å²) in [6.07, 6.45) is 1.69. The third kappa shape index (κ3) is 3.60. The predicted octanol–water partition coefficient (Wildman–Crippen LogP) is 2.44. The quantitative estimate of drug-likeness (QED) is 0.937. The summed E-state index contributed by atoms with van der Waals surface area (Å²) in [5.74, 6) is 0.269. The maximum Gasteiger partial charge on any atom is 0.255 e. The number of aromatic nitrogens is 1. The van der Waals surface area contributed by atoms with E-state index in [1.807, 2.05) is 24.3 Å². The summed E-state index contributed by atoms with van der Waals surface area (Å²) >= 11 is 0. The number of nitrogens with zero attached hydrogens (tertiary/aromatic N) is 1. The van der Waals surface area contributed by atoms with Gasteiger partial charge in [-0.25, -0.2) is 0 Å². The van der Waals surface area contributed by atoms with E-state index in [0.717, 1.165) is 0 Å². The maximum atomic E-state index is 12.1. The molecule has 4 heteroatoms. The van der Waals surface area contributed by atoms with Crippen molar-refractivity contribution in [3.63, 3.8) is 0 Å². The number of pyridine rings is 1. The molecule has 4 nitrogen and oxygen atoms in total. The van der Waals surface area contributed by atoms with E-state index in [1.165, 1.54) is 10.1 Å². The lowest BCUT2D eigenvalue weighted by Gasteiger charge is -2.08. The van der Waals surface area contributed by atoms with Crippen LogP contribution < -0.4 is 10.9 Å². The molecule has 0 aliphatic carbocycles. The predicted molar refractivity (Wildman–Crippen MR) is 83.4 cm³/mol. The van der Waals surface area contributed by atoms with Crippen molar-refractivity contribution >= 4 is 5.91 Å². The molecule has 2 aromatic rings. The average Bonchev–Trinajstić information content (AvgIpc) is 2.48. The number of rotatable bonds is 4. The van der Waals surface area contributed by atoms with Crippen molar-refractivity contribution < 1.29 is 4.79 Å². The highest BCUT2D eigenvalue weighted by molar-refractivity contribution is 5.94. The van der Waals surface area contributed by atoms with Crippen molar-refractivity contribution in [2.75, 3.05) is 0 Å². The summed E-state index contributed by atoms with van der Waals surface area (Å²) in [7, 11) is 1.69. The van der Waals surface area contributed by atoms with E-state index in [0.29, 0.717) is 17.0 Å². The fourth-order valence-electron chi connectivity index (χ4n) is 2.09. The molecule has 0 fully saturated rings. The number of nitrogens with one attached hydrogen (secondary N) is 1. The molecule has 0 saturated heterocycles. The first-order valence-electron chi connectivity index (χ1n) is 7.01. The minimum Gasteiger partial charge on any atom is -0.348 e. The fourth-order valence-corrected chi connectivity index (χ4v) is 2.09. The molecule has 1 N–H and O–H groups in total. The molecule has 0 atom stereocenters. The van der Waals surface area contributed by atoms with E-state index in [-0.39, 0.29) is 18.0 Å². The molecular weight excluding hydrogens is 264 g/mol. The number of hydrogen-bond acceptors (Lipinski definition) is 2. The largest absolute Gasteiger partial charge is 0.348 e. The van der Waals surface area contributed by atoms with Gasteiger partial charge >= 0.3 is 0 Å². The number of carbonyl (C=O) groups is 1. The van der Waals surface area contributed by atoms with Gasteiger partial charge in [0.2, 0.25) is 0 Å². The van der Waals surface area contributed by atoms with E-state index < -0.39 is 0 Å². The minimum atomic E-state index is -0.170. The summed E-state index contributed by atoms with van der Waals surface area (Å²) < 4.78 is 1.50. The average molecular weight is 284 g/mol. The minimum absolute atomic E-state index is 0.0899. The SMILES string of the molecule is CC(C)c1ccc(C(=O)NCc2cccn(C)c2=O)cc1. The van der Waals surface area contributed by atoms with Crippen molar-refractivity contribution in [1.29, 1.82) is 0 Å². The topological polar surface area (TPSA) is 51.1 Å². The molecule has 0 unspecified atom stereocenters. The summed E-state index contributed by atoms with van der Waals surface area (Å²) in [4.78, 5) is 23.9. The highest BCUT2D eigenvalue weighted by Crippen LogP contribution is 2.14. The van der Waals surface area contributed by atoms with Crippen LogP contribution in [0.1, 0.15) is 41.3 Å². The molecule has 1 heterocycles. The maximum absolute atomic E-state index is 12.1. The Labute approximate surface area is 124 Å². The Morgan fingerprint density at radius 2 is 1.86 bits per heavy atom. The Hall–Kier alpha value is -2.36. The summed E-state index contributed by atoms with van der Waals surface area (Å²) in [5, 5.41) is 2.78. The molecule has 0 radical (unpaired) electrons. The van der Waals surface area contributed by atoms with Gasteiger partial charge in [-0.3, -0.25) is 9.59 Å². The zero-order valence-corrected chi connectivity index (χ0v) is 12.6. The molecule has 0 bridgehead atoms. The number of benzene rings is 1. The van der Waals surface area contributed by atoms with E-state index >= 15 is 0 Å². The Morgan fingerprint density at radius 3 is 2.48 bits per heavy atom. The van der Waals surface area contributed by atoms with Crippen molar-refractivity contribution in [3.05, 3.63) is 69.6 Å². The Balaban J connectivity index is 2.05. The van der Waals surface area contributed by atoms with Crippen LogP contribution >= 0.6 is 0 Å². The van der Waals surface area contributed by atoms with Gasteiger partial charge in [-0.1, -0.05) is 32.0 Å². The van der Waals surface area contributed by atoms with Gasteiger partial charge in [-0.05, 0) is 29.7 Å². The lowest BCUT2D eigenvalue weighted by atomic mass is 10.0. The normalized spacial score (nSPS) is 10.7. The smallest absolute Gasteiger partial charge is 0.255 e. The molecule has 0 spiro atoms. The lowest BCUT2D eigenvalue weighted by molar-refractivity contribution is 0.0950. The van der Waals surface area contributed by atoms with Crippen LogP contribution in [0, 0.1) is 0 Å². The van der Waals surface area contributed by atoms with Crippen molar-refractivity contribution in [2.45, 2.75) is 26.3 Å². The first kappa shape index (κ1) is 15.0. The van der Waals surface area contributed by atoms with Crippen LogP contribution in [0.15, 0.2) is 47.4 Å². The van der Waals surface area contributed by atoms with E-state index in [2.05, 4.69) is 19.2 Å². The molecule has 0 aliphatic rings. The molecule has 110 valence electrons. The highest BCUT2D eigenvalue weighted by Gasteiger charge is 2.08. The van der Waals surface area contributed by atoms with Gasteiger partial charge in [-0.15, -0.1) is 0 Å². The van der Waals surface area contributed by atoms with Gasteiger partial charge in [0.25, 0.3) is 11.5 Å². The van der Waals surface area contributed by atoms with E-state index in [4.69, 9.17) is 0 Å². The van der Waals surface area contributed by atoms with E-state index in [1.54, 1.807) is 25.4 Å². The fraction of sp³-hybridized carbons (Fsp3) is 0.294. The zero-order valence-electron chi connectivity index (χ0n) is 12.6. The Bertz CT molecular complexity index is 685. The van der Waals surface area contributed by atoms with Crippen LogP contribution in [0.25, 0.3) is 0 Å². The van der Waals surface area contributed by atoms with Crippen molar-refractivity contribution in [2.24, 2.45) is 7.05 Å². The van der Waals surface area contributed by atoms with Crippen molar-refractivity contribution in [3.8, 4) is 0 Å². The first-order valence-corrected chi connectivity index (χ1v) is 7.01. The summed E-state index contributed by atoms with van der Waals surface area (Å²) in [6, 6.07) is 11.1. The van der Waals surface area contributed by atoms with Crippen LogP contribution in [0.2, 0.25) is 0 Å². The van der Waals surface area contributed by atoms with Gasteiger partial charge in [0.1, 0.15) is 0 Å². The van der Waals surface area contributed by atoms with Gasteiger partial charge in [0, 0.05) is 30.9 Å². The highest BCUT2D eigenvalue weighted by atomic mass is 16.2. The standard InChI is InChI=1S/C17H20N2O2/c1-12(2)13-6-8-14(9-7-13)16(20)18-11-15-5-4-10-19(3)17(15)21/h4-10,12H,11H2,1-3H3,(H,18,20). The Kier molecular flexibility index (Phi) is 4.58. The van der Waals surface area contributed by atoms with Gasteiger partial charge in [0.15, 0.2) is 0 Å². The van der Waals surface area contributed by atoms with Crippen molar-refractivity contribution in [1.82, 2.24) is 9.88 Å². The molecule has 1 aromatic heterocycles. The second-order valence-electron chi connectivity index (χ2n) is 5.41. The summed E-state index contributed by atoms with van der Waals surface area (Å²) in [5.41, 5.74) is 2.29. The van der Waals surface area contributed by atoms with Gasteiger partial charge in [0.05, 0.1) is 0 Å². The van der Waals surface area contributed by atoms with Gasteiger partial charge < -0.3 is 9.88 Å². The second kappa shape index (κ2) is 6.39. The van der Waals surface area contributed by atoms with Crippen LogP contribution in [-0.2, 0) is 13.6 Å². The molecule has 1 amide bonds. The molecule has 0 aliphatic heterocycles. The number of amides is 1. The second-order valence-corrected chi connectivity index (χ2v) is 5.41. The molecule has 2 rings (SSSR count). The molecular formula is C17H20N2O2. The van der Waals surface area contributed by atoms with Crippen LogP contribution in [0.3, 0.4) is 0 Å². The molecule has 21 heavy (non-hydrogen) atoms. The molecule has 1 aromatic carbocycles. The lowest BCUT2D eigenvalue weighted by Crippen LogP contribution is -2.28. The number of hydrogen-bond donors (Lipinski definition) is 1. The monoisotopic (exact) mass is 284 g/mol. The number of aryl methyl sites for hydroxylation is 1. The summed E-state index contributed by atoms with van der Waals surface area (Å²) in [6.45, 7) is 4.46. The van der Waals surface area contributed by atoms with Gasteiger partial charge in [-0.2, -0.15) is 0 Å².